The van der Waals surface area contributed by atoms with Gasteiger partial charge in [-0.1, -0.05) is 6.07 Å². The van der Waals surface area contributed by atoms with Gasteiger partial charge in [0.2, 0.25) is 0 Å². The van der Waals surface area contributed by atoms with Gasteiger partial charge in [-0.05, 0) is 43.0 Å². The number of hydrogen-bond acceptors (Lipinski definition) is 3. The van der Waals surface area contributed by atoms with Crippen molar-refractivity contribution in [3.05, 3.63) is 59.8 Å². The van der Waals surface area contributed by atoms with Crippen LogP contribution in [0.2, 0.25) is 0 Å². The van der Waals surface area contributed by atoms with Crippen molar-refractivity contribution in [3.8, 4) is 0 Å². The minimum absolute atomic E-state index is 0.0349. The van der Waals surface area contributed by atoms with Gasteiger partial charge < -0.3 is 9.80 Å². The van der Waals surface area contributed by atoms with Crippen LogP contribution in [0.4, 0.5) is 14.6 Å². The van der Waals surface area contributed by atoms with Gasteiger partial charge in [0.15, 0.2) is 0 Å². The molecule has 6 heteroatoms. The Morgan fingerprint density at radius 1 is 1.12 bits per heavy atom. The fourth-order valence-corrected chi connectivity index (χ4v) is 3.96. The zero-order valence-electron chi connectivity index (χ0n) is 13.7. The van der Waals surface area contributed by atoms with E-state index in [2.05, 4.69) is 9.88 Å². The van der Waals surface area contributed by atoms with E-state index in [1.165, 1.54) is 6.07 Å². The van der Waals surface area contributed by atoms with Gasteiger partial charge in [-0.15, -0.1) is 0 Å². The normalized spacial score (nSPS) is 22.8. The number of carbonyl (C=O) groups is 1. The third kappa shape index (κ3) is 2.97. The van der Waals surface area contributed by atoms with Crippen LogP contribution in [0.1, 0.15) is 23.2 Å². The molecule has 2 unspecified atom stereocenters. The molecule has 0 spiro atoms. The van der Waals surface area contributed by atoms with E-state index in [4.69, 9.17) is 0 Å². The molecule has 3 heterocycles. The van der Waals surface area contributed by atoms with Crippen molar-refractivity contribution in [2.45, 2.75) is 18.9 Å². The van der Waals surface area contributed by atoms with E-state index in [1.807, 2.05) is 18.2 Å². The van der Waals surface area contributed by atoms with E-state index < -0.39 is 11.6 Å². The number of hydrogen-bond donors (Lipinski definition) is 0. The topological polar surface area (TPSA) is 36.4 Å². The molecule has 2 aromatic rings. The maximum absolute atomic E-state index is 14.0. The Morgan fingerprint density at radius 2 is 1.96 bits per heavy atom. The fourth-order valence-electron chi connectivity index (χ4n) is 3.96. The van der Waals surface area contributed by atoms with Gasteiger partial charge in [0.05, 0.1) is 11.6 Å². The monoisotopic (exact) mass is 343 g/mol. The molecule has 2 aliphatic rings. The molecular weight excluding hydrogens is 324 g/mol. The molecular formula is C19H19F2N3O. The van der Waals surface area contributed by atoms with E-state index >= 15 is 0 Å². The van der Waals surface area contributed by atoms with Crippen LogP contribution in [0.5, 0.6) is 0 Å². The Hall–Kier alpha value is -2.50. The second-order valence-corrected chi connectivity index (χ2v) is 6.66. The lowest BCUT2D eigenvalue weighted by Gasteiger charge is -2.39. The SMILES string of the molecule is O=C(c1ccc(F)cc1F)N1CCC2CCN(c3ccccn3)CC21. The average Bonchev–Trinajstić information content (AvgIpc) is 3.05. The number of piperidine rings is 1. The number of fused-ring (bicyclic) bond motifs is 1. The molecule has 0 saturated carbocycles. The molecule has 1 amide bonds. The van der Waals surface area contributed by atoms with E-state index in [9.17, 15) is 13.6 Å². The Labute approximate surface area is 145 Å². The summed E-state index contributed by atoms with van der Waals surface area (Å²) in [6.07, 6.45) is 3.67. The number of likely N-dealkylation sites (tertiary alicyclic amines) is 1. The van der Waals surface area contributed by atoms with Crippen LogP contribution in [-0.4, -0.2) is 41.5 Å². The highest BCUT2D eigenvalue weighted by atomic mass is 19.1. The summed E-state index contributed by atoms with van der Waals surface area (Å²) in [4.78, 5) is 21.1. The lowest BCUT2D eigenvalue weighted by molar-refractivity contribution is 0.0707. The number of amides is 1. The Kier molecular flexibility index (Phi) is 4.11. The van der Waals surface area contributed by atoms with Gasteiger partial charge in [-0.25, -0.2) is 13.8 Å². The average molecular weight is 343 g/mol. The van der Waals surface area contributed by atoms with Crippen LogP contribution < -0.4 is 4.90 Å². The molecule has 1 aromatic carbocycles. The standard InChI is InChI=1S/C19H19F2N3O/c20-14-4-5-15(16(21)11-14)19(25)24-10-7-13-6-9-23(12-17(13)24)18-3-1-2-8-22-18/h1-5,8,11,13,17H,6-7,9-10,12H2. The van der Waals surface area contributed by atoms with Crippen molar-refractivity contribution in [2.75, 3.05) is 24.5 Å². The molecule has 4 rings (SSSR count). The number of pyridine rings is 1. The van der Waals surface area contributed by atoms with Crippen LogP contribution in [0.3, 0.4) is 0 Å². The number of anilines is 1. The summed E-state index contributed by atoms with van der Waals surface area (Å²) in [5.74, 6) is -0.508. The summed E-state index contributed by atoms with van der Waals surface area (Å²) >= 11 is 0. The number of halogens is 2. The predicted molar refractivity (Wildman–Crippen MR) is 90.4 cm³/mol. The molecule has 25 heavy (non-hydrogen) atoms. The van der Waals surface area contributed by atoms with E-state index in [1.54, 1.807) is 11.1 Å². The first-order valence-corrected chi connectivity index (χ1v) is 8.55. The van der Waals surface area contributed by atoms with Crippen molar-refractivity contribution in [1.29, 1.82) is 0 Å². The van der Waals surface area contributed by atoms with Crippen LogP contribution >= 0.6 is 0 Å². The first-order valence-electron chi connectivity index (χ1n) is 8.55. The van der Waals surface area contributed by atoms with Gasteiger partial charge in [-0.2, -0.15) is 0 Å². The van der Waals surface area contributed by atoms with Gasteiger partial charge >= 0.3 is 0 Å². The zero-order chi connectivity index (χ0) is 17.4. The Balaban J connectivity index is 1.56. The molecule has 0 radical (unpaired) electrons. The first kappa shape index (κ1) is 16.0. The Bertz CT molecular complexity index is 783. The van der Waals surface area contributed by atoms with Crippen molar-refractivity contribution in [3.63, 3.8) is 0 Å². The number of rotatable bonds is 2. The summed E-state index contributed by atoms with van der Waals surface area (Å²) in [5, 5.41) is 0. The second kappa shape index (κ2) is 6.43. The quantitative estimate of drug-likeness (QED) is 0.841. The molecule has 0 bridgehead atoms. The van der Waals surface area contributed by atoms with E-state index in [0.29, 0.717) is 19.0 Å². The van der Waals surface area contributed by atoms with Crippen LogP contribution in [0, 0.1) is 17.6 Å². The van der Waals surface area contributed by atoms with Crippen LogP contribution in [-0.2, 0) is 0 Å². The maximum Gasteiger partial charge on any atom is 0.257 e. The van der Waals surface area contributed by atoms with Gasteiger partial charge in [0.25, 0.3) is 5.91 Å². The summed E-state index contributed by atoms with van der Waals surface area (Å²) in [6, 6.07) is 8.94. The highest BCUT2D eigenvalue weighted by Gasteiger charge is 2.41. The lowest BCUT2D eigenvalue weighted by atomic mass is 9.92. The number of nitrogens with zero attached hydrogens (tertiary/aromatic N) is 3. The first-order chi connectivity index (χ1) is 12.1. The third-order valence-electron chi connectivity index (χ3n) is 5.26. The molecule has 2 atom stereocenters. The zero-order valence-corrected chi connectivity index (χ0v) is 13.7. The number of benzene rings is 1. The van der Waals surface area contributed by atoms with E-state index in [0.717, 1.165) is 37.3 Å². The lowest BCUT2D eigenvalue weighted by Crippen LogP contribution is -2.50. The Morgan fingerprint density at radius 3 is 2.72 bits per heavy atom. The molecule has 2 fully saturated rings. The minimum Gasteiger partial charge on any atom is -0.355 e. The van der Waals surface area contributed by atoms with Crippen LogP contribution in [0.25, 0.3) is 0 Å². The second-order valence-electron chi connectivity index (χ2n) is 6.66. The fraction of sp³-hybridized carbons (Fsp3) is 0.368. The molecule has 0 N–H and O–H groups in total. The van der Waals surface area contributed by atoms with Crippen molar-refractivity contribution < 1.29 is 13.6 Å². The summed E-state index contributed by atoms with van der Waals surface area (Å²) in [7, 11) is 0. The number of aromatic nitrogens is 1. The molecule has 0 aliphatic carbocycles. The third-order valence-corrected chi connectivity index (χ3v) is 5.26. The summed E-state index contributed by atoms with van der Waals surface area (Å²) < 4.78 is 27.1. The molecule has 2 aliphatic heterocycles. The highest BCUT2D eigenvalue weighted by Crippen LogP contribution is 2.34. The predicted octanol–water partition coefficient (Wildman–Crippen LogP) is 3.10. The van der Waals surface area contributed by atoms with Crippen LogP contribution in [0.15, 0.2) is 42.6 Å². The number of carbonyl (C=O) groups excluding carboxylic acids is 1. The largest absolute Gasteiger partial charge is 0.355 e. The van der Waals surface area contributed by atoms with Crippen molar-refractivity contribution in [1.82, 2.24) is 9.88 Å². The maximum atomic E-state index is 14.0. The molecule has 1 aromatic heterocycles. The summed E-state index contributed by atoms with van der Waals surface area (Å²) in [6.45, 7) is 2.21. The van der Waals surface area contributed by atoms with E-state index in [-0.39, 0.29) is 17.5 Å². The van der Waals surface area contributed by atoms with Crippen molar-refractivity contribution >= 4 is 11.7 Å². The van der Waals surface area contributed by atoms with Crippen molar-refractivity contribution in [2.24, 2.45) is 5.92 Å². The smallest absolute Gasteiger partial charge is 0.257 e. The van der Waals surface area contributed by atoms with Gasteiger partial charge in [0.1, 0.15) is 17.5 Å². The molecule has 4 nitrogen and oxygen atoms in total. The molecule has 2 saturated heterocycles. The minimum atomic E-state index is -0.800. The summed E-state index contributed by atoms with van der Waals surface area (Å²) in [5.41, 5.74) is -0.0583. The van der Waals surface area contributed by atoms with Gasteiger partial charge in [0, 0.05) is 31.9 Å². The van der Waals surface area contributed by atoms with Gasteiger partial charge in [-0.3, -0.25) is 4.79 Å². The molecule has 130 valence electrons. The highest BCUT2D eigenvalue weighted by molar-refractivity contribution is 5.95.